The summed E-state index contributed by atoms with van der Waals surface area (Å²) in [5.41, 5.74) is 7.32. The van der Waals surface area contributed by atoms with E-state index in [2.05, 4.69) is 4.72 Å². The number of hydrogen-bond acceptors (Lipinski definition) is 4. The third kappa shape index (κ3) is 2.52. The zero-order valence-corrected chi connectivity index (χ0v) is 10.1. The predicted molar refractivity (Wildman–Crippen MR) is 62.6 cm³/mol. The highest BCUT2D eigenvalue weighted by Gasteiger charge is 2.20. The molecule has 0 aliphatic carbocycles. The first kappa shape index (κ1) is 13.0. The monoisotopic (exact) mass is 244 g/mol. The maximum Gasteiger partial charge on any atom is 0.242 e. The van der Waals surface area contributed by atoms with Crippen LogP contribution in [0.2, 0.25) is 0 Å². The molecular weight excluding hydrogens is 228 g/mol. The van der Waals surface area contributed by atoms with Crippen LogP contribution in [0.1, 0.15) is 11.1 Å². The summed E-state index contributed by atoms with van der Waals surface area (Å²) in [6, 6.07) is 3.48. The molecule has 5 nitrogen and oxygen atoms in total. The first-order chi connectivity index (χ1) is 7.40. The summed E-state index contributed by atoms with van der Waals surface area (Å²) >= 11 is 0. The number of aliphatic hydroxyl groups excluding tert-OH is 1. The van der Waals surface area contributed by atoms with Crippen LogP contribution in [0, 0.1) is 13.8 Å². The number of aliphatic hydroxyl groups is 1. The molecule has 0 aromatic heterocycles. The number of aryl methyl sites for hydroxylation is 2. The molecule has 0 amide bonds. The van der Waals surface area contributed by atoms with Crippen LogP contribution >= 0.6 is 0 Å². The Labute approximate surface area is 95.3 Å². The van der Waals surface area contributed by atoms with Crippen molar-refractivity contribution in [2.24, 2.45) is 0 Å². The normalized spacial score (nSPS) is 11.7. The fourth-order valence-electron chi connectivity index (χ4n) is 1.42. The fraction of sp³-hybridized carbons (Fsp3) is 0.400. The van der Waals surface area contributed by atoms with Crippen LogP contribution in [-0.4, -0.2) is 26.7 Å². The highest BCUT2D eigenvalue weighted by Crippen LogP contribution is 2.25. The van der Waals surface area contributed by atoms with Crippen molar-refractivity contribution in [3.8, 4) is 0 Å². The Balaban J connectivity index is 3.27. The van der Waals surface area contributed by atoms with E-state index in [-0.39, 0.29) is 23.7 Å². The Bertz CT molecular complexity index is 483. The van der Waals surface area contributed by atoms with Crippen molar-refractivity contribution in [1.82, 2.24) is 4.72 Å². The van der Waals surface area contributed by atoms with E-state index in [9.17, 15) is 8.42 Å². The van der Waals surface area contributed by atoms with Crippen LogP contribution < -0.4 is 10.5 Å². The molecule has 0 saturated carbocycles. The van der Waals surface area contributed by atoms with E-state index >= 15 is 0 Å². The fourth-order valence-corrected chi connectivity index (χ4v) is 2.86. The molecule has 0 spiro atoms. The third-order valence-corrected chi connectivity index (χ3v) is 3.95. The van der Waals surface area contributed by atoms with Gasteiger partial charge in [-0.15, -0.1) is 0 Å². The minimum absolute atomic E-state index is 0.0187. The molecule has 0 saturated heterocycles. The summed E-state index contributed by atoms with van der Waals surface area (Å²) < 4.78 is 26.0. The topological polar surface area (TPSA) is 92.4 Å². The van der Waals surface area contributed by atoms with E-state index in [0.29, 0.717) is 5.56 Å². The molecule has 0 aliphatic heterocycles. The lowest BCUT2D eigenvalue weighted by molar-refractivity contribution is 0.301. The summed E-state index contributed by atoms with van der Waals surface area (Å²) in [6.07, 6.45) is 0. The van der Waals surface area contributed by atoms with Gasteiger partial charge in [0.2, 0.25) is 10.0 Å². The SMILES string of the molecule is Cc1ccc(C)c(S(=O)(=O)NCCO)c1N. The lowest BCUT2D eigenvalue weighted by Gasteiger charge is -2.12. The zero-order valence-electron chi connectivity index (χ0n) is 9.32. The maximum absolute atomic E-state index is 11.9. The summed E-state index contributed by atoms with van der Waals surface area (Å²) in [7, 11) is -3.64. The molecule has 1 rings (SSSR count). The van der Waals surface area contributed by atoms with Crippen LogP contribution in [0.5, 0.6) is 0 Å². The second-order valence-corrected chi connectivity index (χ2v) is 5.27. The van der Waals surface area contributed by atoms with Gasteiger partial charge in [0.25, 0.3) is 0 Å². The number of benzene rings is 1. The van der Waals surface area contributed by atoms with E-state index in [0.717, 1.165) is 5.56 Å². The smallest absolute Gasteiger partial charge is 0.242 e. The van der Waals surface area contributed by atoms with E-state index in [1.165, 1.54) is 0 Å². The molecule has 0 unspecified atom stereocenters. The van der Waals surface area contributed by atoms with Gasteiger partial charge < -0.3 is 10.8 Å². The van der Waals surface area contributed by atoms with Gasteiger partial charge in [0.1, 0.15) is 4.90 Å². The van der Waals surface area contributed by atoms with Gasteiger partial charge in [0, 0.05) is 6.54 Å². The van der Waals surface area contributed by atoms with Gasteiger partial charge in [-0.1, -0.05) is 12.1 Å². The van der Waals surface area contributed by atoms with E-state index in [1.54, 1.807) is 26.0 Å². The van der Waals surface area contributed by atoms with Gasteiger partial charge in [0.15, 0.2) is 0 Å². The quantitative estimate of drug-likeness (QED) is 0.658. The summed E-state index contributed by atoms with van der Waals surface area (Å²) in [6.45, 7) is 3.17. The van der Waals surface area contributed by atoms with E-state index in [1.807, 2.05) is 0 Å². The van der Waals surface area contributed by atoms with E-state index < -0.39 is 10.0 Å². The van der Waals surface area contributed by atoms with Crippen LogP contribution in [0.25, 0.3) is 0 Å². The molecule has 0 atom stereocenters. The molecule has 0 radical (unpaired) electrons. The Hall–Kier alpha value is -1.11. The lowest BCUT2D eigenvalue weighted by atomic mass is 10.1. The molecule has 1 aromatic carbocycles. The van der Waals surface area contributed by atoms with Crippen LogP contribution in [0.4, 0.5) is 5.69 Å². The molecule has 6 heteroatoms. The minimum atomic E-state index is -3.64. The van der Waals surface area contributed by atoms with Crippen LogP contribution in [0.15, 0.2) is 17.0 Å². The zero-order chi connectivity index (χ0) is 12.3. The van der Waals surface area contributed by atoms with Gasteiger partial charge in [0.05, 0.1) is 12.3 Å². The number of nitrogen functional groups attached to an aromatic ring is 1. The van der Waals surface area contributed by atoms with Crippen molar-refractivity contribution < 1.29 is 13.5 Å². The lowest BCUT2D eigenvalue weighted by Crippen LogP contribution is -2.28. The van der Waals surface area contributed by atoms with Crippen LogP contribution in [-0.2, 0) is 10.0 Å². The number of nitrogens with two attached hydrogens (primary N) is 1. The molecule has 4 N–H and O–H groups in total. The van der Waals surface area contributed by atoms with Crippen molar-refractivity contribution in [3.63, 3.8) is 0 Å². The first-order valence-electron chi connectivity index (χ1n) is 4.86. The van der Waals surface area contributed by atoms with Crippen molar-refractivity contribution in [1.29, 1.82) is 0 Å². The van der Waals surface area contributed by atoms with E-state index in [4.69, 9.17) is 10.8 Å². The highest BCUT2D eigenvalue weighted by atomic mass is 32.2. The standard InChI is InChI=1S/C10H16N2O3S/c1-7-3-4-8(2)10(9(7)11)16(14,15)12-5-6-13/h3-4,12-13H,5-6,11H2,1-2H3. The van der Waals surface area contributed by atoms with Gasteiger partial charge in [-0.3, -0.25) is 0 Å². The van der Waals surface area contributed by atoms with Gasteiger partial charge in [-0.25, -0.2) is 13.1 Å². The first-order valence-corrected chi connectivity index (χ1v) is 6.34. The summed E-state index contributed by atoms with van der Waals surface area (Å²) in [5.74, 6) is 0. The molecule has 90 valence electrons. The van der Waals surface area contributed by atoms with Crippen LogP contribution in [0.3, 0.4) is 0 Å². The molecular formula is C10H16N2O3S. The maximum atomic E-state index is 11.9. The minimum Gasteiger partial charge on any atom is -0.397 e. The number of rotatable bonds is 4. The molecule has 0 fully saturated rings. The Kier molecular flexibility index (Phi) is 3.90. The van der Waals surface area contributed by atoms with Gasteiger partial charge >= 0.3 is 0 Å². The Morgan fingerprint density at radius 2 is 1.88 bits per heavy atom. The Morgan fingerprint density at radius 1 is 1.31 bits per heavy atom. The van der Waals surface area contributed by atoms with Crippen molar-refractivity contribution in [2.75, 3.05) is 18.9 Å². The predicted octanol–water partition coefficient (Wildman–Crippen LogP) is 0.156. The average Bonchev–Trinajstić information content (AvgIpc) is 2.21. The molecule has 16 heavy (non-hydrogen) atoms. The second-order valence-electron chi connectivity index (χ2n) is 3.56. The summed E-state index contributed by atoms with van der Waals surface area (Å²) in [4.78, 5) is 0.0981. The summed E-state index contributed by atoms with van der Waals surface area (Å²) in [5, 5.41) is 8.61. The average molecular weight is 244 g/mol. The molecule has 0 bridgehead atoms. The van der Waals surface area contributed by atoms with Gasteiger partial charge in [-0.05, 0) is 25.0 Å². The molecule has 1 aromatic rings. The largest absolute Gasteiger partial charge is 0.397 e. The number of anilines is 1. The van der Waals surface area contributed by atoms with Crippen molar-refractivity contribution >= 4 is 15.7 Å². The highest BCUT2D eigenvalue weighted by molar-refractivity contribution is 7.89. The number of sulfonamides is 1. The molecule has 0 heterocycles. The van der Waals surface area contributed by atoms with Gasteiger partial charge in [-0.2, -0.15) is 0 Å². The second kappa shape index (κ2) is 4.82. The van der Waals surface area contributed by atoms with Crippen molar-refractivity contribution in [2.45, 2.75) is 18.7 Å². The third-order valence-electron chi connectivity index (χ3n) is 2.28. The van der Waals surface area contributed by atoms with Crippen molar-refractivity contribution in [3.05, 3.63) is 23.3 Å². The Morgan fingerprint density at radius 3 is 2.44 bits per heavy atom. The molecule has 0 aliphatic rings. The number of nitrogens with one attached hydrogen (secondary N) is 1. The number of hydrogen-bond donors (Lipinski definition) is 3.